The Balaban J connectivity index is 1.58. The highest BCUT2D eigenvalue weighted by Gasteiger charge is 2.60. The molecule has 35 heavy (non-hydrogen) atoms. The van der Waals surface area contributed by atoms with Crippen LogP contribution in [0.2, 0.25) is 5.02 Å². The zero-order chi connectivity index (χ0) is 24.9. The smallest absolute Gasteiger partial charge is 0.271 e. The first kappa shape index (κ1) is 22.8. The highest BCUT2D eigenvalue weighted by Crippen LogP contribution is 2.48. The standard InChI is InChI=1S/C25H21ClN4O5/c1-27(2)17-10-6-15(7-11-17)22-21-23(35-29(22)19-4-3-5-20(14-19)30(33)34)25(32)28(24(21)31)18-12-8-16(26)9-13-18/h3-14,21-23H,1-2H3/t21-,22+,23-/m1/s1. The van der Waals surface area contributed by atoms with Crippen LogP contribution in [0.25, 0.3) is 0 Å². The third-order valence-electron chi connectivity index (χ3n) is 6.25. The molecule has 10 heteroatoms. The molecule has 2 fully saturated rings. The number of non-ortho nitro benzene ring substituents is 1. The van der Waals surface area contributed by atoms with Gasteiger partial charge in [-0.2, -0.15) is 0 Å². The molecular weight excluding hydrogens is 472 g/mol. The van der Waals surface area contributed by atoms with Crippen LogP contribution in [0.1, 0.15) is 11.6 Å². The van der Waals surface area contributed by atoms with E-state index in [1.165, 1.54) is 17.2 Å². The molecule has 0 aliphatic carbocycles. The topological polar surface area (TPSA) is 96.2 Å². The number of imide groups is 1. The van der Waals surface area contributed by atoms with Gasteiger partial charge in [0, 0.05) is 36.9 Å². The van der Waals surface area contributed by atoms with Gasteiger partial charge in [0.1, 0.15) is 5.92 Å². The number of halogens is 1. The van der Waals surface area contributed by atoms with Crippen molar-refractivity contribution >= 4 is 46.2 Å². The van der Waals surface area contributed by atoms with Crippen molar-refractivity contribution in [3.05, 3.63) is 93.5 Å². The molecule has 0 spiro atoms. The predicted molar refractivity (Wildman–Crippen MR) is 131 cm³/mol. The summed E-state index contributed by atoms with van der Waals surface area (Å²) in [5.41, 5.74) is 2.38. The highest BCUT2D eigenvalue weighted by molar-refractivity contribution is 6.31. The summed E-state index contributed by atoms with van der Waals surface area (Å²) < 4.78 is 0. The lowest BCUT2D eigenvalue weighted by Crippen LogP contribution is -2.37. The summed E-state index contributed by atoms with van der Waals surface area (Å²) in [7, 11) is 3.84. The van der Waals surface area contributed by atoms with Crippen molar-refractivity contribution in [2.45, 2.75) is 12.1 Å². The number of nitro benzene ring substituents is 1. The van der Waals surface area contributed by atoms with Crippen LogP contribution in [0.5, 0.6) is 0 Å². The SMILES string of the molecule is CN(C)c1ccc([C@H]2[C@H]3C(=O)N(c4ccc(Cl)cc4)C(=O)[C@@H]3ON2c2cccc([N+](=O)[O-])c2)cc1. The normalized spacial score (nSPS) is 21.4. The zero-order valence-corrected chi connectivity index (χ0v) is 19.6. The zero-order valence-electron chi connectivity index (χ0n) is 18.9. The van der Waals surface area contributed by atoms with Gasteiger partial charge in [-0.3, -0.25) is 24.5 Å². The molecule has 0 bridgehead atoms. The summed E-state index contributed by atoms with van der Waals surface area (Å²) in [5, 5.41) is 13.3. The third kappa shape index (κ3) is 3.88. The van der Waals surface area contributed by atoms with Gasteiger partial charge in [-0.25, -0.2) is 9.96 Å². The molecular formula is C25H21ClN4O5. The predicted octanol–water partition coefficient (Wildman–Crippen LogP) is 4.37. The monoisotopic (exact) mass is 492 g/mol. The van der Waals surface area contributed by atoms with E-state index in [9.17, 15) is 19.7 Å². The van der Waals surface area contributed by atoms with Gasteiger partial charge in [0.25, 0.3) is 11.6 Å². The number of amides is 2. The molecule has 2 aliphatic rings. The lowest BCUT2D eigenvalue weighted by Gasteiger charge is -2.29. The number of benzene rings is 3. The number of hydrogen-bond acceptors (Lipinski definition) is 7. The summed E-state index contributed by atoms with van der Waals surface area (Å²) in [4.78, 5) is 47.0. The fourth-order valence-corrected chi connectivity index (χ4v) is 4.66. The fourth-order valence-electron chi connectivity index (χ4n) is 4.54. The Bertz CT molecular complexity index is 1310. The van der Waals surface area contributed by atoms with Gasteiger partial charge in [-0.15, -0.1) is 0 Å². The van der Waals surface area contributed by atoms with E-state index >= 15 is 0 Å². The number of nitrogens with zero attached hydrogens (tertiary/aromatic N) is 4. The van der Waals surface area contributed by atoms with Crippen molar-refractivity contribution in [3.63, 3.8) is 0 Å². The Morgan fingerprint density at radius 3 is 2.26 bits per heavy atom. The number of rotatable bonds is 5. The highest BCUT2D eigenvalue weighted by atomic mass is 35.5. The molecule has 5 rings (SSSR count). The lowest BCUT2D eigenvalue weighted by molar-refractivity contribution is -0.384. The summed E-state index contributed by atoms with van der Waals surface area (Å²) in [5.74, 6) is -1.75. The quantitative estimate of drug-likeness (QED) is 0.296. The number of anilines is 3. The van der Waals surface area contributed by atoms with Crippen LogP contribution in [-0.4, -0.2) is 36.9 Å². The molecule has 2 aliphatic heterocycles. The van der Waals surface area contributed by atoms with Crippen LogP contribution in [0.4, 0.5) is 22.7 Å². The van der Waals surface area contributed by atoms with Crippen LogP contribution in [-0.2, 0) is 14.4 Å². The van der Waals surface area contributed by atoms with Crippen LogP contribution < -0.4 is 14.9 Å². The van der Waals surface area contributed by atoms with Gasteiger partial charge < -0.3 is 4.90 Å². The van der Waals surface area contributed by atoms with Crippen molar-refractivity contribution in [1.29, 1.82) is 0 Å². The van der Waals surface area contributed by atoms with Gasteiger partial charge in [0.2, 0.25) is 5.91 Å². The van der Waals surface area contributed by atoms with Crippen LogP contribution in [0.3, 0.4) is 0 Å². The molecule has 0 N–H and O–H groups in total. The Labute approximate surface area is 206 Å². The van der Waals surface area contributed by atoms with Gasteiger partial charge >= 0.3 is 0 Å². The molecule has 2 saturated heterocycles. The van der Waals surface area contributed by atoms with E-state index in [2.05, 4.69) is 0 Å². The minimum atomic E-state index is -1.07. The van der Waals surface area contributed by atoms with E-state index in [1.807, 2.05) is 43.3 Å². The number of hydrogen-bond donors (Lipinski definition) is 0. The first-order valence-corrected chi connectivity index (χ1v) is 11.2. The van der Waals surface area contributed by atoms with Gasteiger partial charge in [0.05, 0.1) is 22.3 Å². The molecule has 3 atom stereocenters. The van der Waals surface area contributed by atoms with Crippen LogP contribution in [0, 0.1) is 16.0 Å². The molecule has 0 radical (unpaired) electrons. The van der Waals surface area contributed by atoms with E-state index in [4.69, 9.17) is 16.4 Å². The largest absolute Gasteiger partial charge is 0.378 e. The summed E-state index contributed by atoms with van der Waals surface area (Å²) in [6.45, 7) is 0. The van der Waals surface area contributed by atoms with Gasteiger partial charge in [-0.1, -0.05) is 29.8 Å². The first-order chi connectivity index (χ1) is 16.8. The molecule has 0 saturated carbocycles. The van der Waals surface area contributed by atoms with Crippen LogP contribution in [0.15, 0.2) is 72.8 Å². The first-order valence-electron chi connectivity index (χ1n) is 10.9. The lowest BCUT2D eigenvalue weighted by atomic mass is 9.90. The number of fused-ring (bicyclic) bond motifs is 1. The summed E-state index contributed by atoms with van der Waals surface area (Å²) in [6.07, 6.45) is -1.07. The maximum Gasteiger partial charge on any atom is 0.271 e. The second kappa shape index (κ2) is 8.68. The van der Waals surface area contributed by atoms with Crippen molar-refractivity contribution in [3.8, 4) is 0 Å². The second-order valence-corrected chi connectivity index (χ2v) is 9.01. The molecule has 0 aromatic heterocycles. The third-order valence-corrected chi connectivity index (χ3v) is 6.50. The second-order valence-electron chi connectivity index (χ2n) is 8.57. The molecule has 2 heterocycles. The maximum atomic E-state index is 13.6. The van der Waals surface area contributed by atoms with Crippen molar-refractivity contribution in [2.24, 2.45) is 5.92 Å². The van der Waals surface area contributed by atoms with E-state index in [0.717, 1.165) is 16.2 Å². The Hall–Kier alpha value is -3.95. The summed E-state index contributed by atoms with van der Waals surface area (Å²) >= 11 is 5.98. The van der Waals surface area contributed by atoms with E-state index in [0.29, 0.717) is 16.4 Å². The average Bonchev–Trinajstić information content (AvgIpc) is 3.36. The van der Waals surface area contributed by atoms with Crippen molar-refractivity contribution in [2.75, 3.05) is 29.0 Å². The van der Waals surface area contributed by atoms with E-state index in [1.54, 1.807) is 36.4 Å². The van der Waals surface area contributed by atoms with Crippen molar-refractivity contribution < 1.29 is 19.3 Å². The Morgan fingerprint density at radius 2 is 1.63 bits per heavy atom. The Morgan fingerprint density at radius 1 is 0.943 bits per heavy atom. The molecule has 0 unspecified atom stereocenters. The maximum absolute atomic E-state index is 13.6. The average molecular weight is 493 g/mol. The number of carbonyl (C=O) groups excluding carboxylic acids is 2. The summed E-state index contributed by atoms with van der Waals surface area (Å²) in [6, 6.07) is 19.3. The Kier molecular flexibility index (Phi) is 5.66. The van der Waals surface area contributed by atoms with Crippen LogP contribution >= 0.6 is 11.6 Å². The minimum Gasteiger partial charge on any atom is -0.378 e. The molecule has 9 nitrogen and oxygen atoms in total. The minimum absolute atomic E-state index is 0.120. The molecule has 3 aromatic rings. The molecule has 178 valence electrons. The molecule has 2 amide bonds. The van der Waals surface area contributed by atoms with Gasteiger partial charge in [0.15, 0.2) is 6.10 Å². The van der Waals surface area contributed by atoms with E-state index in [-0.39, 0.29) is 5.69 Å². The number of carbonyl (C=O) groups is 2. The number of hydroxylamine groups is 1. The molecule has 3 aromatic carbocycles. The fraction of sp³-hybridized carbons (Fsp3) is 0.200. The number of nitro groups is 1. The van der Waals surface area contributed by atoms with Crippen molar-refractivity contribution in [1.82, 2.24) is 0 Å². The van der Waals surface area contributed by atoms with E-state index < -0.39 is 34.8 Å². The van der Waals surface area contributed by atoms with Gasteiger partial charge in [-0.05, 0) is 48.0 Å².